The molecule has 0 amide bonds. The van der Waals surface area contributed by atoms with Crippen LogP contribution in [0.15, 0.2) is 16.6 Å². The van der Waals surface area contributed by atoms with Gasteiger partial charge in [0.15, 0.2) is 17.6 Å². The minimum absolute atomic E-state index is 0.361. The van der Waals surface area contributed by atoms with Crippen LogP contribution >= 0.6 is 15.9 Å². The molecule has 5 nitrogen and oxygen atoms in total. The maximum Gasteiger partial charge on any atom is 0.344 e. The average molecular weight is 304 g/mol. The topological polar surface area (TPSA) is 81.8 Å². The van der Waals surface area contributed by atoms with Gasteiger partial charge in [-0.05, 0) is 40.5 Å². The number of carbonyl (C=O) groups is 1. The predicted molar refractivity (Wildman–Crippen MR) is 66.3 cm³/mol. The van der Waals surface area contributed by atoms with E-state index in [2.05, 4.69) is 15.9 Å². The second-order valence-electron chi connectivity index (χ2n) is 3.41. The van der Waals surface area contributed by atoms with Gasteiger partial charge in [-0.3, -0.25) is 0 Å². The van der Waals surface area contributed by atoms with E-state index >= 15 is 0 Å². The van der Waals surface area contributed by atoms with E-state index in [9.17, 15) is 4.79 Å². The summed E-state index contributed by atoms with van der Waals surface area (Å²) in [6.07, 6.45) is -0.955. The Kier molecular flexibility index (Phi) is 4.77. The second kappa shape index (κ2) is 5.88. The number of benzene rings is 1. The van der Waals surface area contributed by atoms with E-state index in [1.165, 1.54) is 14.0 Å². The first-order chi connectivity index (χ1) is 7.99. The highest BCUT2D eigenvalue weighted by Gasteiger charge is 2.18. The highest BCUT2D eigenvalue weighted by molar-refractivity contribution is 9.10. The summed E-state index contributed by atoms with van der Waals surface area (Å²) in [7, 11) is 1.49. The number of carboxylic acid groups (broad SMARTS) is 1. The molecule has 0 spiro atoms. The summed E-state index contributed by atoms with van der Waals surface area (Å²) in [4.78, 5) is 10.7. The van der Waals surface area contributed by atoms with Crippen LogP contribution in [0.1, 0.15) is 12.5 Å². The lowest BCUT2D eigenvalue weighted by Gasteiger charge is -2.16. The Bertz CT molecular complexity index is 422. The van der Waals surface area contributed by atoms with Gasteiger partial charge >= 0.3 is 5.97 Å². The molecule has 0 saturated heterocycles. The predicted octanol–water partition coefficient (Wildman–Crippen LogP) is 1.77. The van der Waals surface area contributed by atoms with Crippen molar-refractivity contribution in [1.82, 2.24) is 0 Å². The summed E-state index contributed by atoms with van der Waals surface area (Å²) < 4.78 is 11.1. The number of carboxylic acids is 1. The van der Waals surface area contributed by atoms with E-state index in [0.29, 0.717) is 22.5 Å². The Balaban J connectivity index is 3.09. The fraction of sp³-hybridized carbons (Fsp3) is 0.364. The van der Waals surface area contributed by atoms with Gasteiger partial charge in [0.1, 0.15) is 0 Å². The van der Waals surface area contributed by atoms with Gasteiger partial charge < -0.3 is 20.3 Å². The fourth-order valence-corrected chi connectivity index (χ4v) is 1.82. The smallest absolute Gasteiger partial charge is 0.344 e. The molecule has 0 aliphatic carbocycles. The quantitative estimate of drug-likeness (QED) is 0.866. The van der Waals surface area contributed by atoms with Crippen molar-refractivity contribution in [2.75, 3.05) is 7.11 Å². The van der Waals surface area contributed by atoms with Gasteiger partial charge in [-0.1, -0.05) is 0 Å². The molecular weight excluding hydrogens is 290 g/mol. The van der Waals surface area contributed by atoms with Crippen molar-refractivity contribution in [2.45, 2.75) is 19.6 Å². The lowest BCUT2D eigenvalue weighted by atomic mass is 10.2. The van der Waals surface area contributed by atoms with Gasteiger partial charge in [-0.2, -0.15) is 0 Å². The molecule has 0 aliphatic heterocycles. The molecule has 1 aromatic rings. The summed E-state index contributed by atoms with van der Waals surface area (Å²) >= 11 is 3.30. The Morgan fingerprint density at radius 2 is 2.24 bits per heavy atom. The molecule has 6 heteroatoms. The fourth-order valence-electron chi connectivity index (χ4n) is 1.23. The molecule has 0 fully saturated rings. The van der Waals surface area contributed by atoms with E-state index in [-0.39, 0.29) is 0 Å². The molecule has 1 aromatic carbocycles. The highest BCUT2D eigenvalue weighted by Crippen LogP contribution is 2.37. The van der Waals surface area contributed by atoms with Gasteiger partial charge in [0.05, 0.1) is 11.6 Å². The molecule has 17 heavy (non-hydrogen) atoms. The van der Waals surface area contributed by atoms with Crippen LogP contribution in [0.4, 0.5) is 0 Å². The van der Waals surface area contributed by atoms with Crippen molar-refractivity contribution in [3.63, 3.8) is 0 Å². The molecule has 0 heterocycles. The number of halogens is 1. The maximum absolute atomic E-state index is 10.7. The Hall–Kier alpha value is -1.27. The van der Waals surface area contributed by atoms with E-state index < -0.39 is 12.1 Å². The molecular formula is C11H14BrNO4. The van der Waals surface area contributed by atoms with Crippen LogP contribution in [0.5, 0.6) is 11.5 Å². The average Bonchev–Trinajstić information content (AvgIpc) is 2.30. The molecule has 0 bridgehead atoms. The molecule has 94 valence electrons. The first-order valence-electron chi connectivity index (χ1n) is 4.95. The van der Waals surface area contributed by atoms with Gasteiger partial charge in [-0.25, -0.2) is 4.79 Å². The molecule has 0 saturated carbocycles. The Morgan fingerprint density at radius 1 is 1.59 bits per heavy atom. The third-order valence-corrected chi connectivity index (χ3v) is 2.76. The zero-order chi connectivity index (χ0) is 13.0. The van der Waals surface area contributed by atoms with Gasteiger partial charge in [0.25, 0.3) is 0 Å². The highest BCUT2D eigenvalue weighted by atomic mass is 79.9. The number of ether oxygens (including phenoxy) is 2. The van der Waals surface area contributed by atoms with Crippen molar-refractivity contribution >= 4 is 21.9 Å². The van der Waals surface area contributed by atoms with Crippen LogP contribution in [0.25, 0.3) is 0 Å². The van der Waals surface area contributed by atoms with Crippen molar-refractivity contribution in [3.05, 3.63) is 22.2 Å². The van der Waals surface area contributed by atoms with Crippen LogP contribution in [-0.4, -0.2) is 24.3 Å². The van der Waals surface area contributed by atoms with Crippen LogP contribution in [-0.2, 0) is 11.3 Å². The SMILES string of the molecule is COc1cc(CN)cc(Br)c1OC(C)C(=O)O. The van der Waals surface area contributed by atoms with E-state index in [0.717, 1.165) is 5.56 Å². The lowest BCUT2D eigenvalue weighted by molar-refractivity contribution is -0.144. The molecule has 1 atom stereocenters. The molecule has 0 aliphatic rings. The largest absolute Gasteiger partial charge is 0.493 e. The van der Waals surface area contributed by atoms with Crippen LogP contribution < -0.4 is 15.2 Å². The van der Waals surface area contributed by atoms with Crippen molar-refractivity contribution in [2.24, 2.45) is 5.73 Å². The van der Waals surface area contributed by atoms with E-state index in [1.807, 2.05) is 0 Å². The van der Waals surface area contributed by atoms with Crippen LogP contribution in [0, 0.1) is 0 Å². The standard InChI is InChI=1S/C11H14BrNO4/c1-6(11(14)15)17-10-8(12)3-7(5-13)4-9(10)16-2/h3-4,6H,5,13H2,1-2H3,(H,14,15). The van der Waals surface area contributed by atoms with Crippen molar-refractivity contribution in [1.29, 1.82) is 0 Å². The second-order valence-corrected chi connectivity index (χ2v) is 4.27. The zero-order valence-corrected chi connectivity index (χ0v) is 11.2. The summed E-state index contributed by atoms with van der Waals surface area (Å²) in [5.74, 6) is -0.227. The first-order valence-corrected chi connectivity index (χ1v) is 5.74. The first kappa shape index (κ1) is 13.8. The summed E-state index contributed by atoms with van der Waals surface area (Å²) in [6.45, 7) is 1.81. The van der Waals surface area contributed by atoms with Gasteiger partial charge in [0.2, 0.25) is 0 Å². The monoisotopic (exact) mass is 303 g/mol. The number of nitrogens with two attached hydrogens (primary N) is 1. The summed E-state index contributed by atoms with van der Waals surface area (Å²) in [5.41, 5.74) is 6.40. The number of rotatable bonds is 5. The normalized spacial score (nSPS) is 12.0. The van der Waals surface area contributed by atoms with E-state index in [1.54, 1.807) is 12.1 Å². The maximum atomic E-state index is 10.7. The summed E-state index contributed by atoms with van der Waals surface area (Å²) in [5, 5.41) is 8.80. The molecule has 0 radical (unpaired) electrons. The Morgan fingerprint density at radius 3 is 2.71 bits per heavy atom. The molecule has 0 aromatic heterocycles. The third-order valence-electron chi connectivity index (χ3n) is 2.17. The third kappa shape index (κ3) is 3.34. The number of methoxy groups -OCH3 is 1. The lowest BCUT2D eigenvalue weighted by Crippen LogP contribution is -2.23. The van der Waals surface area contributed by atoms with Gasteiger partial charge in [-0.15, -0.1) is 0 Å². The molecule has 3 N–H and O–H groups in total. The Labute approximate surface area is 108 Å². The minimum atomic E-state index is -1.04. The number of hydrogen-bond acceptors (Lipinski definition) is 4. The zero-order valence-electron chi connectivity index (χ0n) is 9.57. The van der Waals surface area contributed by atoms with Crippen LogP contribution in [0.2, 0.25) is 0 Å². The molecule has 1 rings (SSSR count). The van der Waals surface area contributed by atoms with Gasteiger partial charge in [0, 0.05) is 6.54 Å². The number of aliphatic carboxylic acids is 1. The summed E-state index contributed by atoms with van der Waals surface area (Å²) in [6, 6.07) is 3.49. The minimum Gasteiger partial charge on any atom is -0.493 e. The van der Waals surface area contributed by atoms with E-state index in [4.69, 9.17) is 20.3 Å². The number of hydrogen-bond donors (Lipinski definition) is 2. The van der Waals surface area contributed by atoms with Crippen molar-refractivity contribution in [3.8, 4) is 11.5 Å². The molecule has 1 unspecified atom stereocenters. The van der Waals surface area contributed by atoms with Crippen LogP contribution in [0.3, 0.4) is 0 Å². The van der Waals surface area contributed by atoms with Crippen molar-refractivity contribution < 1.29 is 19.4 Å².